The molecule has 4 aromatic rings. The van der Waals surface area contributed by atoms with Gasteiger partial charge in [0.1, 0.15) is 23.0 Å². The Balaban J connectivity index is 1.86. The second-order valence-electron chi connectivity index (χ2n) is 19.7. The molecule has 0 aliphatic heterocycles. The minimum absolute atomic E-state index is 0.0368. The van der Waals surface area contributed by atoms with Crippen LogP contribution < -0.4 is 0 Å². The summed E-state index contributed by atoms with van der Waals surface area (Å²) in [6, 6.07) is 15.9. The van der Waals surface area contributed by atoms with Crippen LogP contribution in [0.4, 0.5) is 0 Å². The highest BCUT2D eigenvalue weighted by Gasteiger charge is 2.40. The van der Waals surface area contributed by atoms with E-state index in [1.165, 1.54) is 0 Å². The van der Waals surface area contributed by atoms with Gasteiger partial charge in [0.2, 0.25) is 0 Å². The predicted molar refractivity (Wildman–Crippen MR) is 301 cm³/mol. The van der Waals surface area contributed by atoms with Gasteiger partial charge in [-0.3, -0.25) is 0 Å². The molecule has 73 heavy (non-hydrogen) atoms. The van der Waals surface area contributed by atoms with Crippen LogP contribution in [-0.4, -0.2) is 29.1 Å². The average molecular weight is 1020 g/mol. The first-order valence-corrected chi connectivity index (χ1v) is 30.2. The first-order chi connectivity index (χ1) is 35.5. The van der Waals surface area contributed by atoms with E-state index >= 15 is 0 Å². The van der Waals surface area contributed by atoms with Crippen LogP contribution >= 0.6 is 0 Å². The second-order valence-corrected chi connectivity index (χ2v) is 21.7. The van der Waals surface area contributed by atoms with E-state index in [0.717, 1.165) is 199 Å². The zero-order valence-corrected chi connectivity index (χ0v) is 47.3. The van der Waals surface area contributed by atoms with Gasteiger partial charge in [-0.2, -0.15) is 39.6 Å². The van der Waals surface area contributed by atoms with Crippen molar-refractivity contribution in [3.05, 3.63) is 115 Å². The lowest BCUT2D eigenvalue weighted by molar-refractivity contribution is 0.457. The van der Waals surface area contributed by atoms with Gasteiger partial charge in [-0.15, -0.1) is 0 Å². The van der Waals surface area contributed by atoms with E-state index in [4.69, 9.17) is 19.1 Å². The fourth-order valence-corrected chi connectivity index (χ4v) is 11.0. The van der Waals surface area contributed by atoms with Crippen LogP contribution in [0.2, 0.25) is 0 Å². The van der Waals surface area contributed by atoms with Crippen molar-refractivity contribution in [3.8, 4) is 23.0 Å². The summed E-state index contributed by atoms with van der Waals surface area (Å²) in [7, 11) is -4.22. The van der Waals surface area contributed by atoms with Crippen molar-refractivity contribution in [2.75, 3.05) is 0 Å². The summed E-state index contributed by atoms with van der Waals surface area (Å²) in [5.41, 5.74) is 10.8. The van der Waals surface area contributed by atoms with E-state index < -0.39 is 8.72 Å². The third-order valence-corrected chi connectivity index (χ3v) is 15.9. The minimum Gasteiger partial charge on any atom is -0.507 e. The molecule has 0 aliphatic rings. The summed E-state index contributed by atoms with van der Waals surface area (Å²) in [4.78, 5) is 0. The van der Waals surface area contributed by atoms with Crippen LogP contribution in [0, 0.1) is 0 Å². The van der Waals surface area contributed by atoms with Crippen LogP contribution in [0.15, 0.2) is 88.1 Å². The monoisotopic (exact) mass is 1020 g/mol. The van der Waals surface area contributed by atoms with Gasteiger partial charge in [0.05, 0.1) is 26.2 Å². The van der Waals surface area contributed by atoms with Crippen molar-refractivity contribution < 1.29 is 20.4 Å². The van der Waals surface area contributed by atoms with E-state index in [1.807, 2.05) is 24.3 Å². The Morgan fingerprint density at radius 1 is 0.288 bits per heavy atom. The molecule has 13 heteroatoms. The topological polar surface area (TPSA) is 180 Å². The lowest BCUT2D eigenvalue weighted by Gasteiger charge is -2.15. The maximum absolute atomic E-state index is 11.7. The summed E-state index contributed by atoms with van der Waals surface area (Å²) in [6.07, 6.45) is 23.8. The van der Waals surface area contributed by atoms with Gasteiger partial charge in [0, 0.05) is 22.3 Å². The zero-order valence-electron chi connectivity index (χ0n) is 46.3. The fourth-order valence-electron chi connectivity index (χ4n) is 9.72. The molecule has 0 aliphatic carbocycles. The molecule has 0 fully saturated rings. The third kappa shape index (κ3) is 18.5. The first kappa shape index (κ1) is 60.3. The van der Waals surface area contributed by atoms with E-state index in [2.05, 4.69) is 100 Å². The number of benzene rings is 4. The number of hydrogen-bond donors (Lipinski definition) is 4. The molecular formula is C60H92N8O4Si. The molecule has 4 aromatic carbocycles. The predicted octanol–water partition coefficient (Wildman–Crippen LogP) is 17.6. The smallest absolute Gasteiger partial charge is 0.507 e. The Hall–Kier alpha value is -5.30. The molecule has 12 nitrogen and oxygen atoms in total. The minimum atomic E-state index is -4.22. The summed E-state index contributed by atoms with van der Waals surface area (Å²) in [5, 5.41) is 65.5. The third-order valence-electron chi connectivity index (χ3n) is 14.3. The first-order valence-electron chi connectivity index (χ1n) is 28.4. The van der Waals surface area contributed by atoms with Gasteiger partial charge >= 0.3 is 8.72 Å². The van der Waals surface area contributed by atoms with Gasteiger partial charge in [0.25, 0.3) is 0 Å². The van der Waals surface area contributed by atoms with Gasteiger partial charge in [-0.1, -0.05) is 181 Å². The number of hydrogen-bond acceptors (Lipinski definition) is 12. The molecule has 0 saturated carbocycles. The lowest BCUT2D eigenvalue weighted by Crippen LogP contribution is -2.24. The maximum atomic E-state index is 11.7. The van der Waals surface area contributed by atoms with Gasteiger partial charge in [-0.05, 0) is 122 Å². The molecule has 0 spiro atoms. The fraction of sp³-hybridized carbons (Fsp3) is 0.600. The highest BCUT2D eigenvalue weighted by atomic mass is 28.4. The van der Waals surface area contributed by atoms with E-state index in [0.29, 0.717) is 22.3 Å². The van der Waals surface area contributed by atoms with E-state index in [9.17, 15) is 20.4 Å². The number of rotatable bonds is 36. The van der Waals surface area contributed by atoms with Crippen molar-refractivity contribution in [1.29, 1.82) is 0 Å². The molecular weight excluding hydrogens is 925 g/mol. The number of phenolic OH excluding ortho intramolecular Hbond substituents is 4. The molecule has 0 aromatic heterocycles. The Morgan fingerprint density at radius 3 is 0.685 bits per heavy atom. The normalized spacial score (nSPS) is 12.3. The molecule has 0 unspecified atom stereocenters. The molecule has 4 rings (SSSR count). The molecule has 0 amide bonds. The van der Waals surface area contributed by atoms with Crippen LogP contribution in [0.3, 0.4) is 0 Å². The Bertz CT molecular complexity index is 2070. The summed E-state index contributed by atoms with van der Waals surface area (Å²) < 4.78 is 19.2. The number of phenols is 4. The van der Waals surface area contributed by atoms with Crippen molar-refractivity contribution in [1.82, 2.24) is 0 Å². The van der Waals surface area contributed by atoms with Crippen LogP contribution in [0.25, 0.3) is 0 Å². The van der Waals surface area contributed by atoms with Gasteiger partial charge in [0.15, 0.2) is 0 Å². The second kappa shape index (κ2) is 33.5. The molecule has 0 atom stereocenters. The SMILES string of the molecule is CCCCCCc1c(CC)ccc(C/N=N/[Si](/N=N/Cc2ccc(CC)c(CCCCCC)c2O)(/N=N/Cc2ccc(CC)c(CCCCCC)c2O)/N=N/Cc2ccc(CC)c(CCCCCC)c2O)c1O. The standard InChI is InChI=1S/C60H92N8O4Si/c1-9-17-21-25-29-53-45(13-5)33-37-49(57(53)69)41-61-65-73(66-62-42-50-38-34-46(14-6)54(58(50)70)30-26-22-18-10-2,67-63-43-51-39-35-47(15-7)55(59(51)71)31-27-23-19-11-3)68-64-44-52-40-36-48(16-8)56(60(52)72)32-28-24-20-12-4/h33-40,69-72H,9-32,41-44H2,1-8H3/b65-61+,66-62+,67-63+,68-64+. The molecule has 0 bridgehead atoms. The van der Waals surface area contributed by atoms with Crippen molar-refractivity contribution in [2.45, 2.75) is 236 Å². The molecule has 4 N–H and O–H groups in total. The average Bonchev–Trinajstić information content (AvgIpc) is 3.39. The Labute approximate surface area is 440 Å². The zero-order chi connectivity index (χ0) is 52.9. The van der Waals surface area contributed by atoms with Crippen molar-refractivity contribution >= 4 is 8.72 Å². The number of nitrogens with zero attached hydrogens (tertiary/aromatic N) is 8. The molecule has 0 saturated heterocycles. The van der Waals surface area contributed by atoms with E-state index in [-0.39, 0.29) is 49.2 Å². The summed E-state index contributed by atoms with van der Waals surface area (Å²) in [6.45, 7) is 17.4. The largest absolute Gasteiger partial charge is 0.650 e. The van der Waals surface area contributed by atoms with Crippen LogP contribution in [0.1, 0.15) is 225 Å². The van der Waals surface area contributed by atoms with Gasteiger partial charge < -0.3 is 20.4 Å². The van der Waals surface area contributed by atoms with Crippen molar-refractivity contribution in [3.63, 3.8) is 0 Å². The lowest BCUT2D eigenvalue weighted by atomic mass is 9.95. The number of aryl methyl sites for hydroxylation is 4. The quantitative estimate of drug-likeness (QED) is 0.0201. The van der Waals surface area contributed by atoms with Gasteiger partial charge in [-0.25, -0.2) is 0 Å². The van der Waals surface area contributed by atoms with Crippen molar-refractivity contribution in [2.24, 2.45) is 39.6 Å². The molecule has 400 valence electrons. The van der Waals surface area contributed by atoms with E-state index in [1.54, 1.807) is 0 Å². The number of unbranched alkanes of at least 4 members (excludes halogenated alkanes) is 12. The Morgan fingerprint density at radius 2 is 0.493 bits per heavy atom. The van der Waals surface area contributed by atoms with Crippen LogP contribution in [0.5, 0.6) is 23.0 Å². The molecule has 0 radical (unpaired) electrons. The summed E-state index contributed by atoms with van der Waals surface area (Å²) >= 11 is 0. The Kier molecular flexibility index (Phi) is 27.7. The highest BCUT2D eigenvalue weighted by molar-refractivity contribution is 6.72. The van der Waals surface area contributed by atoms with Crippen LogP contribution in [-0.2, 0) is 77.5 Å². The summed E-state index contributed by atoms with van der Waals surface area (Å²) in [5.74, 6) is 0.931. The molecule has 0 heterocycles. The highest BCUT2D eigenvalue weighted by Crippen LogP contribution is 2.34. The maximum Gasteiger partial charge on any atom is 0.650 e. The number of aromatic hydroxyl groups is 4.